The normalized spacial score (nSPS) is 16.8. The number of carbonyl (C=O) groups is 1. The van der Waals surface area contributed by atoms with Crippen molar-refractivity contribution in [3.8, 4) is 0 Å². The van der Waals surface area contributed by atoms with Gasteiger partial charge in [-0.15, -0.1) is 0 Å². The molecule has 0 aliphatic carbocycles. The molecule has 2 N–H and O–H groups in total. The smallest absolute Gasteiger partial charge is 0.232 e. The summed E-state index contributed by atoms with van der Waals surface area (Å²) in [6.45, 7) is 2.82. The highest BCUT2D eigenvalue weighted by atomic mass is 79.9. The van der Waals surface area contributed by atoms with Crippen LogP contribution in [-0.4, -0.2) is 12.5 Å². The fourth-order valence-electron chi connectivity index (χ4n) is 2.73. The Balaban J connectivity index is 1.83. The standard InChI is InChI=1S/C17H17BrN2O/c1-11-10-12(18)6-7-15(11)20-17(21)14-8-9-19-16-5-3-2-4-13(14)16/h2-7,10,14,19H,8-9H2,1H3,(H,20,21). The molecule has 1 amide bonds. The average Bonchev–Trinajstić information content (AvgIpc) is 2.49. The van der Waals surface area contributed by atoms with Crippen molar-refractivity contribution in [2.75, 3.05) is 17.2 Å². The van der Waals surface area contributed by atoms with E-state index in [2.05, 4.69) is 26.6 Å². The Hall–Kier alpha value is -1.81. The molecule has 4 heteroatoms. The van der Waals surface area contributed by atoms with Crippen LogP contribution in [0.2, 0.25) is 0 Å². The first-order valence-corrected chi connectivity index (χ1v) is 7.84. The van der Waals surface area contributed by atoms with Crippen molar-refractivity contribution in [3.05, 3.63) is 58.1 Å². The molecule has 0 saturated heterocycles. The molecular formula is C17H17BrN2O. The zero-order valence-corrected chi connectivity index (χ0v) is 13.4. The van der Waals surface area contributed by atoms with Gasteiger partial charge >= 0.3 is 0 Å². The van der Waals surface area contributed by atoms with Gasteiger partial charge in [-0.2, -0.15) is 0 Å². The minimum Gasteiger partial charge on any atom is -0.385 e. The summed E-state index contributed by atoms with van der Waals surface area (Å²) in [5.41, 5.74) is 4.08. The Labute approximate surface area is 132 Å². The van der Waals surface area contributed by atoms with Gasteiger partial charge in [-0.1, -0.05) is 34.1 Å². The number of hydrogen-bond acceptors (Lipinski definition) is 2. The van der Waals surface area contributed by atoms with Crippen LogP contribution in [0.5, 0.6) is 0 Å². The molecule has 0 saturated carbocycles. The molecule has 0 bridgehead atoms. The van der Waals surface area contributed by atoms with Gasteiger partial charge in [-0.05, 0) is 48.7 Å². The van der Waals surface area contributed by atoms with Crippen LogP contribution in [-0.2, 0) is 4.79 Å². The molecule has 0 fully saturated rings. The van der Waals surface area contributed by atoms with E-state index < -0.39 is 0 Å². The first-order chi connectivity index (χ1) is 10.1. The summed E-state index contributed by atoms with van der Waals surface area (Å²) in [5.74, 6) is -0.0279. The van der Waals surface area contributed by atoms with Gasteiger partial charge in [0.2, 0.25) is 5.91 Å². The van der Waals surface area contributed by atoms with Crippen molar-refractivity contribution >= 4 is 33.2 Å². The topological polar surface area (TPSA) is 41.1 Å². The molecular weight excluding hydrogens is 328 g/mol. The predicted molar refractivity (Wildman–Crippen MR) is 89.8 cm³/mol. The molecule has 3 rings (SSSR count). The summed E-state index contributed by atoms with van der Waals surface area (Å²) >= 11 is 3.44. The third-order valence-corrected chi connectivity index (χ3v) is 4.34. The minimum absolute atomic E-state index is 0.0642. The number of carbonyl (C=O) groups excluding carboxylic acids is 1. The maximum Gasteiger partial charge on any atom is 0.232 e. The van der Waals surface area contributed by atoms with Crippen LogP contribution in [0.3, 0.4) is 0 Å². The zero-order valence-electron chi connectivity index (χ0n) is 11.8. The number of amides is 1. The summed E-state index contributed by atoms with van der Waals surface area (Å²) < 4.78 is 1.02. The lowest BCUT2D eigenvalue weighted by Crippen LogP contribution is -2.27. The van der Waals surface area contributed by atoms with Crippen LogP contribution >= 0.6 is 15.9 Å². The van der Waals surface area contributed by atoms with Gasteiger partial charge in [-0.25, -0.2) is 0 Å². The van der Waals surface area contributed by atoms with E-state index in [1.165, 1.54) is 0 Å². The van der Waals surface area contributed by atoms with Crippen molar-refractivity contribution in [1.82, 2.24) is 0 Å². The number of aryl methyl sites for hydroxylation is 1. The lowest BCUT2D eigenvalue weighted by atomic mass is 9.90. The molecule has 1 aliphatic heterocycles. The number of halogens is 1. The van der Waals surface area contributed by atoms with Crippen molar-refractivity contribution in [2.45, 2.75) is 19.3 Å². The quantitative estimate of drug-likeness (QED) is 0.852. The van der Waals surface area contributed by atoms with E-state index >= 15 is 0 Å². The van der Waals surface area contributed by atoms with Gasteiger partial charge in [0.1, 0.15) is 0 Å². The number of anilines is 2. The van der Waals surface area contributed by atoms with Crippen molar-refractivity contribution < 1.29 is 4.79 Å². The van der Waals surface area contributed by atoms with Gasteiger partial charge in [-0.3, -0.25) is 4.79 Å². The Morgan fingerprint density at radius 3 is 2.90 bits per heavy atom. The molecule has 1 atom stereocenters. The fraction of sp³-hybridized carbons (Fsp3) is 0.235. The van der Waals surface area contributed by atoms with E-state index in [0.29, 0.717) is 0 Å². The molecule has 2 aromatic carbocycles. The van der Waals surface area contributed by atoms with E-state index in [0.717, 1.165) is 39.9 Å². The maximum atomic E-state index is 12.6. The SMILES string of the molecule is Cc1cc(Br)ccc1NC(=O)C1CCNc2ccccc21. The van der Waals surface area contributed by atoms with Crippen LogP contribution in [0.15, 0.2) is 46.9 Å². The third-order valence-electron chi connectivity index (χ3n) is 3.85. The Morgan fingerprint density at radius 1 is 1.29 bits per heavy atom. The van der Waals surface area contributed by atoms with E-state index in [4.69, 9.17) is 0 Å². The van der Waals surface area contributed by atoms with Crippen LogP contribution in [0, 0.1) is 6.92 Å². The molecule has 1 heterocycles. The summed E-state index contributed by atoms with van der Waals surface area (Å²) in [6, 6.07) is 13.9. The van der Waals surface area contributed by atoms with Crippen molar-refractivity contribution in [2.24, 2.45) is 0 Å². The number of benzene rings is 2. The maximum absolute atomic E-state index is 12.6. The first kappa shape index (κ1) is 14.1. The lowest BCUT2D eigenvalue weighted by Gasteiger charge is -2.26. The highest BCUT2D eigenvalue weighted by Gasteiger charge is 2.26. The number of hydrogen-bond donors (Lipinski definition) is 2. The number of para-hydroxylation sites is 1. The summed E-state index contributed by atoms with van der Waals surface area (Å²) in [5, 5.41) is 6.40. The largest absolute Gasteiger partial charge is 0.385 e. The van der Waals surface area contributed by atoms with E-state index in [1.807, 2.05) is 49.4 Å². The average molecular weight is 345 g/mol. The highest BCUT2D eigenvalue weighted by molar-refractivity contribution is 9.10. The number of rotatable bonds is 2. The second-order valence-corrected chi connectivity index (χ2v) is 6.22. The Morgan fingerprint density at radius 2 is 2.10 bits per heavy atom. The molecule has 3 nitrogen and oxygen atoms in total. The molecule has 1 unspecified atom stereocenters. The van der Waals surface area contributed by atoms with Gasteiger partial charge < -0.3 is 10.6 Å². The molecule has 21 heavy (non-hydrogen) atoms. The van der Waals surface area contributed by atoms with Gasteiger partial charge in [0.15, 0.2) is 0 Å². The lowest BCUT2D eigenvalue weighted by molar-refractivity contribution is -0.117. The third kappa shape index (κ3) is 2.95. The van der Waals surface area contributed by atoms with E-state index in [1.54, 1.807) is 0 Å². The molecule has 1 aliphatic rings. The van der Waals surface area contributed by atoms with Crippen LogP contribution in [0.1, 0.15) is 23.5 Å². The van der Waals surface area contributed by atoms with Gasteiger partial charge in [0.05, 0.1) is 5.92 Å². The molecule has 2 aromatic rings. The van der Waals surface area contributed by atoms with Crippen LogP contribution in [0.4, 0.5) is 11.4 Å². The van der Waals surface area contributed by atoms with Crippen LogP contribution in [0.25, 0.3) is 0 Å². The molecule has 0 aromatic heterocycles. The monoisotopic (exact) mass is 344 g/mol. The second-order valence-electron chi connectivity index (χ2n) is 5.30. The zero-order chi connectivity index (χ0) is 14.8. The van der Waals surface area contributed by atoms with Crippen molar-refractivity contribution in [3.63, 3.8) is 0 Å². The number of fused-ring (bicyclic) bond motifs is 1. The minimum atomic E-state index is -0.0921. The first-order valence-electron chi connectivity index (χ1n) is 7.05. The fourth-order valence-corrected chi connectivity index (χ4v) is 3.20. The highest BCUT2D eigenvalue weighted by Crippen LogP contribution is 2.32. The summed E-state index contributed by atoms with van der Waals surface area (Å²) in [7, 11) is 0. The van der Waals surface area contributed by atoms with Crippen molar-refractivity contribution in [1.29, 1.82) is 0 Å². The molecule has 0 radical (unpaired) electrons. The molecule has 108 valence electrons. The second kappa shape index (κ2) is 5.90. The van der Waals surface area contributed by atoms with Crippen LogP contribution < -0.4 is 10.6 Å². The predicted octanol–water partition coefficient (Wildman–Crippen LogP) is 4.30. The summed E-state index contributed by atoms with van der Waals surface area (Å²) in [6.07, 6.45) is 0.818. The summed E-state index contributed by atoms with van der Waals surface area (Å²) in [4.78, 5) is 12.6. The van der Waals surface area contributed by atoms with E-state index in [9.17, 15) is 4.79 Å². The van der Waals surface area contributed by atoms with Gasteiger partial charge in [0, 0.05) is 22.4 Å². The van der Waals surface area contributed by atoms with Gasteiger partial charge in [0.25, 0.3) is 0 Å². The number of nitrogens with one attached hydrogen (secondary N) is 2. The Kier molecular flexibility index (Phi) is 3.97. The van der Waals surface area contributed by atoms with E-state index in [-0.39, 0.29) is 11.8 Å². The molecule has 0 spiro atoms. The Bertz CT molecular complexity index is 684.